The third kappa shape index (κ3) is 3.78. The molecule has 162 valence electrons. The number of pyridine rings is 1. The molecule has 1 aliphatic carbocycles. The molecule has 2 aromatic heterocycles. The molecule has 31 heavy (non-hydrogen) atoms. The number of hydrogen-bond donors (Lipinski definition) is 0. The topological polar surface area (TPSA) is 61.6 Å². The van der Waals surface area contributed by atoms with E-state index >= 15 is 0 Å². The number of furan rings is 1. The van der Waals surface area contributed by atoms with Crippen molar-refractivity contribution in [2.75, 3.05) is 0 Å². The highest BCUT2D eigenvalue weighted by Crippen LogP contribution is 2.53. The fraction of sp³-hybridized carbons (Fsp3) is 0.304. The fourth-order valence-corrected chi connectivity index (χ4v) is 3.93. The maximum atomic E-state index is 14.0. The summed E-state index contributed by atoms with van der Waals surface area (Å²) in [4.78, 5) is 15.6. The molecule has 0 aliphatic heterocycles. The summed E-state index contributed by atoms with van der Waals surface area (Å²) in [6, 6.07) is 10.4. The number of nitrogens with zero attached hydrogens (tertiary/aromatic N) is 1. The number of aromatic nitrogens is 1. The minimum absolute atomic E-state index is 0.0361. The van der Waals surface area contributed by atoms with E-state index in [0.717, 1.165) is 23.9 Å². The minimum Gasteiger partial charge on any atom is -0.489 e. The van der Waals surface area contributed by atoms with Gasteiger partial charge in [0.1, 0.15) is 34.7 Å². The van der Waals surface area contributed by atoms with Gasteiger partial charge in [-0.05, 0) is 50.1 Å². The smallest absolute Gasteiger partial charge is 0.401 e. The van der Waals surface area contributed by atoms with E-state index in [1.807, 2.05) is 12.1 Å². The van der Waals surface area contributed by atoms with Gasteiger partial charge in [-0.2, -0.15) is 13.2 Å². The second-order valence-corrected chi connectivity index (χ2v) is 7.65. The standard InChI is InChI=1S/C23H20F3NO4/c1-3-21(28)31-20-9-8-19(22(20,2)23(24,25)26)29-16-7-6-14-11-17(30-18(14)12-16)15-5-4-10-27-13-15/h3-7,10-13,19-20H,1,8-9H2,2H3. The summed E-state index contributed by atoms with van der Waals surface area (Å²) in [6.07, 6.45) is -2.92. The first kappa shape index (κ1) is 21.0. The molecule has 1 aromatic carbocycles. The predicted molar refractivity (Wildman–Crippen MR) is 107 cm³/mol. The number of fused-ring (bicyclic) bond motifs is 1. The molecule has 0 N–H and O–H groups in total. The van der Waals surface area contributed by atoms with Crippen LogP contribution in [-0.4, -0.2) is 29.3 Å². The maximum Gasteiger partial charge on any atom is 0.401 e. The molecule has 0 amide bonds. The van der Waals surface area contributed by atoms with Gasteiger partial charge < -0.3 is 13.9 Å². The lowest BCUT2D eigenvalue weighted by Gasteiger charge is -2.37. The molecule has 0 bridgehead atoms. The average Bonchev–Trinajstić information content (AvgIpc) is 3.31. The van der Waals surface area contributed by atoms with Gasteiger partial charge in [0.25, 0.3) is 0 Å². The Morgan fingerprint density at radius 2 is 2.03 bits per heavy atom. The number of hydrogen-bond acceptors (Lipinski definition) is 5. The molecule has 0 radical (unpaired) electrons. The van der Waals surface area contributed by atoms with Crippen LogP contribution < -0.4 is 4.74 Å². The van der Waals surface area contributed by atoms with E-state index in [2.05, 4.69) is 11.6 Å². The number of rotatable bonds is 5. The van der Waals surface area contributed by atoms with Crippen LogP contribution >= 0.6 is 0 Å². The van der Waals surface area contributed by atoms with Gasteiger partial charge in [-0.1, -0.05) is 6.58 Å². The molecule has 3 aromatic rings. The van der Waals surface area contributed by atoms with Crippen LogP contribution in [0.15, 0.2) is 65.9 Å². The molecule has 1 fully saturated rings. The minimum atomic E-state index is -4.64. The Balaban J connectivity index is 1.61. The van der Waals surface area contributed by atoms with E-state index in [-0.39, 0.29) is 18.6 Å². The zero-order chi connectivity index (χ0) is 22.2. The van der Waals surface area contributed by atoms with Crippen LogP contribution in [0.5, 0.6) is 5.75 Å². The summed E-state index contributed by atoms with van der Waals surface area (Å²) in [6.45, 7) is 4.28. The molecular weight excluding hydrogens is 411 g/mol. The lowest BCUT2D eigenvalue weighted by atomic mass is 9.83. The van der Waals surface area contributed by atoms with Crippen LogP contribution in [0.25, 0.3) is 22.3 Å². The van der Waals surface area contributed by atoms with Crippen LogP contribution in [0.4, 0.5) is 13.2 Å². The van der Waals surface area contributed by atoms with E-state index in [0.29, 0.717) is 11.3 Å². The number of ether oxygens (including phenoxy) is 2. The molecule has 1 aliphatic rings. The van der Waals surface area contributed by atoms with Gasteiger partial charge in [0.2, 0.25) is 0 Å². The van der Waals surface area contributed by atoms with E-state index in [1.165, 1.54) is 0 Å². The van der Waals surface area contributed by atoms with Crippen molar-refractivity contribution in [3.05, 3.63) is 61.4 Å². The first-order chi connectivity index (χ1) is 14.7. The summed E-state index contributed by atoms with van der Waals surface area (Å²) >= 11 is 0. The average molecular weight is 431 g/mol. The van der Waals surface area contributed by atoms with Crippen LogP contribution in [-0.2, 0) is 9.53 Å². The molecule has 4 rings (SSSR count). The van der Waals surface area contributed by atoms with Gasteiger partial charge in [0, 0.05) is 35.5 Å². The van der Waals surface area contributed by atoms with Gasteiger partial charge in [-0.15, -0.1) is 0 Å². The highest BCUT2D eigenvalue weighted by atomic mass is 19.4. The van der Waals surface area contributed by atoms with Crippen LogP contribution in [0.2, 0.25) is 0 Å². The Morgan fingerprint density at radius 1 is 1.26 bits per heavy atom. The van der Waals surface area contributed by atoms with Crippen molar-refractivity contribution in [1.29, 1.82) is 0 Å². The van der Waals surface area contributed by atoms with E-state index in [1.54, 1.807) is 36.7 Å². The number of benzene rings is 1. The van der Waals surface area contributed by atoms with Gasteiger partial charge in [0.15, 0.2) is 0 Å². The molecule has 0 spiro atoms. The molecule has 8 heteroatoms. The van der Waals surface area contributed by atoms with Crippen LogP contribution in [0.3, 0.4) is 0 Å². The molecule has 1 saturated carbocycles. The van der Waals surface area contributed by atoms with Gasteiger partial charge >= 0.3 is 12.1 Å². The second kappa shape index (κ2) is 7.76. The maximum absolute atomic E-state index is 14.0. The quantitative estimate of drug-likeness (QED) is 0.383. The van der Waals surface area contributed by atoms with Gasteiger partial charge in [0.05, 0.1) is 0 Å². The zero-order valence-corrected chi connectivity index (χ0v) is 16.7. The SMILES string of the molecule is C=CC(=O)OC1CCC(Oc2ccc3cc(-c4cccnc4)oc3c2)C1(C)C(F)(F)F. The normalized spacial score (nSPS) is 23.6. The Labute approximate surface area is 176 Å². The largest absolute Gasteiger partial charge is 0.489 e. The Bertz CT molecular complexity index is 1110. The first-order valence-electron chi connectivity index (χ1n) is 9.73. The summed E-state index contributed by atoms with van der Waals surface area (Å²) in [5, 5.41) is 0.786. The Morgan fingerprint density at radius 3 is 2.71 bits per heavy atom. The molecular formula is C23H20F3NO4. The van der Waals surface area contributed by atoms with E-state index in [9.17, 15) is 18.0 Å². The highest BCUT2D eigenvalue weighted by Gasteiger charge is 2.66. The number of carbonyl (C=O) groups is 1. The van der Waals surface area contributed by atoms with Gasteiger partial charge in [-0.3, -0.25) is 4.98 Å². The molecule has 5 nitrogen and oxygen atoms in total. The third-order valence-corrected chi connectivity index (χ3v) is 5.78. The van der Waals surface area contributed by atoms with E-state index in [4.69, 9.17) is 13.9 Å². The number of esters is 1. The van der Waals surface area contributed by atoms with Crippen molar-refractivity contribution in [3.8, 4) is 17.1 Å². The predicted octanol–water partition coefficient (Wildman–Crippen LogP) is 5.70. The second-order valence-electron chi connectivity index (χ2n) is 7.65. The highest BCUT2D eigenvalue weighted by molar-refractivity contribution is 5.84. The Hall–Kier alpha value is -3.29. The third-order valence-electron chi connectivity index (χ3n) is 5.78. The van der Waals surface area contributed by atoms with Gasteiger partial charge in [-0.25, -0.2) is 4.79 Å². The lowest BCUT2D eigenvalue weighted by Crippen LogP contribution is -2.51. The number of alkyl halides is 3. The molecule has 3 atom stereocenters. The van der Waals surface area contributed by atoms with Crippen molar-refractivity contribution >= 4 is 16.9 Å². The molecule has 0 saturated heterocycles. The van der Waals surface area contributed by atoms with Crippen molar-refractivity contribution in [3.63, 3.8) is 0 Å². The fourth-order valence-electron chi connectivity index (χ4n) is 3.93. The summed E-state index contributed by atoms with van der Waals surface area (Å²) in [5.74, 6) is -0.0468. The zero-order valence-electron chi connectivity index (χ0n) is 16.7. The van der Waals surface area contributed by atoms with E-state index < -0.39 is 29.8 Å². The van der Waals surface area contributed by atoms with Crippen LogP contribution in [0, 0.1) is 5.41 Å². The van der Waals surface area contributed by atoms with Crippen molar-refractivity contribution in [1.82, 2.24) is 4.98 Å². The summed E-state index contributed by atoms with van der Waals surface area (Å²) < 4.78 is 58.7. The van der Waals surface area contributed by atoms with Crippen molar-refractivity contribution < 1.29 is 31.9 Å². The lowest BCUT2D eigenvalue weighted by molar-refractivity contribution is -0.262. The number of halogens is 3. The van der Waals surface area contributed by atoms with Crippen molar-refractivity contribution in [2.24, 2.45) is 5.41 Å². The Kier molecular flexibility index (Phi) is 5.24. The monoisotopic (exact) mass is 431 g/mol. The summed E-state index contributed by atoms with van der Waals surface area (Å²) in [5.41, 5.74) is -1.09. The van der Waals surface area contributed by atoms with Crippen molar-refractivity contribution in [2.45, 2.75) is 38.1 Å². The van der Waals surface area contributed by atoms with Crippen LogP contribution in [0.1, 0.15) is 19.8 Å². The first-order valence-corrected chi connectivity index (χ1v) is 9.73. The summed E-state index contributed by atoms with van der Waals surface area (Å²) in [7, 11) is 0. The number of carbonyl (C=O) groups excluding carboxylic acids is 1. The molecule has 3 unspecified atom stereocenters. The molecule has 2 heterocycles.